The van der Waals surface area contributed by atoms with E-state index in [0.717, 1.165) is 36.9 Å². The number of hydrogen-bond acceptors (Lipinski definition) is 3. The first-order valence-electron chi connectivity index (χ1n) is 7.55. The number of methoxy groups -OCH3 is 1. The van der Waals surface area contributed by atoms with Gasteiger partial charge in [-0.3, -0.25) is 4.79 Å². The Kier molecular flexibility index (Phi) is 8.23. The first-order chi connectivity index (χ1) is 10.6. The molecule has 1 aromatic carbocycles. The van der Waals surface area contributed by atoms with Gasteiger partial charge in [-0.05, 0) is 63.8 Å². The highest BCUT2D eigenvalue weighted by atomic mass is 16.7. The van der Waals surface area contributed by atoms with E-state index in [1.807, 2.05) is 12.1 Å². The summed E-state index contributed by atoms with van der Waals surface area (Å²) in [6.07, 6.45) is 8.16. The largest absolute Gasteiger partial charge is 0.467 e. The highest BCUT2D eigenvalue weighted by molar-refractivity contribution is 5.75. The maximum Gasteiger partial charge on any atom is 0.188 e. The number of carbonyl (C=O) groups excluding carboxylic acids is 1. The van der Waals surface area contributed by atoms with Gasteiger partial charge in [0.2, 0.25) is 0 Å². The van der Waals surface area contributed by atoms with Crippen molar-refractivity contribution in [3.05, 3.63) is 52.6 Å². The van der Waals surface area contributed by atoms with Crippen LogP contribution in [-0.4, -0.2) is 20.2 Å². The molecule has 0 unspecified atom stereocenters. The second-order valence-corrected chi connectivity index (χ2v) is 5.61. The number of rotatable bonds is 9. The van der Waals surface area contributed by atoms with Gasteiger partial charge in [-0.25, -0.2) is 0 Å². The topological polar surface area (TPSA) is 35.5 Å². The standard InChI is InChI=1S/C19H26O3/c1-15(2)6-5-7-16(3)8-10-18-12-17(13-20)9-11-19(18)22-14-21-4/h6,8-9,11-13H,5,7,10,14H2,1-4H3/b16-8+. The van der Waals surface area contributed by atoms with Crippen LogP contribution in [0.2, 0.25) is 0 Å². The van der Waals surface area contributed by atoms with Crippen LogP contribution in [0.4, 0.5) is 0 Å². The third kappa shape index (κ3) is 6.72. The van der Waals surface area contributed by atoms with Crippen LogP contribution < -0.4 is 4.74 Å². The molecule has 1 rings (SSSR count). The van der Waals surface area contributed by atoms with E-state index in [1.54, 1.807) is 13.2 Å². The summed E-state index contributed by atoms with van der Waals surface area (Å²) in [7, 11) is 1.59. The zero-order valence-electron chi connectivity index (χ0n) is 14.0. The molecule has 1 aromatic rings. The zero-order valence-corrected chi connectivity index (χ0v) is 14.0. The predicted molar refractivity (Wildman–Crippen MR) is 90.5 cm³/mol. The van der Waals surface area contributed by atoms with Crippen molar-refractivity contribution in [1.29, 1.82) is 0 Å². The van der Waals surface area contributed by atoms with E-state index in [0.29, 0.717) is 5.56 Å². The molecule has 0 saturated carbocycles. The van der Waals surface area contributed by atoms with Crippen LogP contribution in [0.1, 0.15) is 49.5 Å². The third-order valence-corrected chi connectivity index (χ3v) is 3.31. The second-order valence-electron chi connectivity index (χ2n) is 5.61. The van der Waals surface area contributed by atoms with E-state index in [1.165, 1.54) is 11.1 Å². The van der Waals surface area contributed by atoms with Gasteiger partial charge in [-0.1, -0.05) is 23.3 Å². The van der Waals surface area contributed by atoms with Crippen LogP contribution in [0.25, 0.3) is 0 Å². The van der Waals surface area contributed by atoms with Gasteiger partial charge < -0.3 is 9.47 Å². The van der Waals surface area contributed by atoms with Crippen LogP contribution >= 0.6 is 0 Å². The molecule has 0 aliphatic rings. The lowest BCUT2D eigenvalue weighted by atomic mass is 10.0. The average Bonchev–Trinajstić information content (AvgIpc) is 2.50. The number of benzene rings is 1. The zero-order chi connectivity index (χ0) is 16.4. The van der Waals surface area contributed by atoms with E-state index in [2.05, 4.69) is 32.9 Å². The lowest BCUT2D eigenvalue weighted by molar-refractivity contribution is 0.0505. The summed E-state index contributed by atoms with van der Waals surface area (Å²) in [6.45, 7) is 6.57. The fourth-order valence-corrected chi connectivity index (χ4v) is 2.07. The second kappa shape index (κ2) is 9.96. The van der Waals surface area contributed by atoms with Crippen molar-refractivity contribution in [1.82, 2.24) is 0 Å². The molecule has 3 heteroatoms. The lowest BCUT2D eigenvalue weighted by Crippen LogP contribution is -2.02. The number of hydrogen-bond donors (Lipinski definition) is 0. The van der Waals surface area contributed by atoms with Crippen LogP contribution in [0.5, 0.6) is 5.75 Å². The Hall–Kier alpha value is -1.87. The Morgan fingerprint density at radius 3 is 2.59 bits per heavy atom. The summed E-state index contributed by atoms with van der Waals surface area (Å²) in [5.74, 6) is 0.765. The molecule has 0 radical (unpaired) electrons. The molecule has 120 valence electrons. The number of carbonyl (C=O) groups is 1. The van der Waals surface area contributed by atoms with Gasteiger partial charge in [0.1, 0.15) is 12.0 Å². The van der Waals surface area contributed by atoms with Crippen LogP contribution in [0.15, 0.2) is 41.5 Å². The molecule has 0 heterocycles. The first-order valence-corrected chi connectivity index (χ1v) is 7.55. The Balaban J connectivity index is 2.76. The molecule has 0 atom stereocenters. The SMILES string of the molecule is COCOc1ccc(C=O)cc1C/C=C(\C)CCC=C(C)C. The van der Waals surface area contributed by atoms with Gasteiger partial charge in [-0.15, -0.1) is 0 Å². The molecule has 22 heavy (non-hydrogen) atoms. The van der Waals surface area contributed by atoms with Crippen molar-refractivity contribution in [3.63, 3.8) is 0 Å². The Bertz CT molecular complexity index is 538. The summed E-state index contributed by atoms with van der Waals surface area (Å²) in [6, 6.07) is 5.45. The first kappa shape index (κ1) is 18.2. The van der Waals surface area contributed by atoms with Crippen LogP contribution in [0.3, 0.4) is 0 Å². The van der Waals surface area contributed by atoms with Crippen molar-refractivity contribution in [2.24, 2.45) is 0 Å². The van der Waals surface area contributed by atoms with E-state index in [4.69, 9.17) is 9.47 Å². The number of allylic oxidation sites excluding steroid dienone is 4. The maximum absolute atomic E-state index is 10.9. The molecule has 0 N–H and O–H groups in total. The van der Waals surface area contributed by atoms with Crippen molar-refractivity contribution in [2.45, 2.75) is 40.0 Å². The van der Waals surface area contributed by atoms with E-state index in [-0.39, 0.29) is 6.79 Å². The molecule has 0 spiro atoms. The van der Waals surface area contributed by atoms with Gasteiger partial charge >= 0.3 is 0 Å². The monoisotopic (exact) mass is 302 g/mol. The van der Waals surface area contributed by atoms with E-state index < -0.39 is 0 Å². The highest BCUT2D eigenvalue weighted by Gasteiger charge is 2.04. The lowest BCUT2D eigenvalue weighted by Gasteiger charge is -2.10. The molecule has 0 fully saturated rings. The van der Waals surface area contributed by atoms with Crippen molar-refractivity contribution < 1.29 is 14.3 Å². The normalized spacial score (nSPS) is 11.2. The third-order valence-electron chi connectivity index (χ3n) is 3.31. The molecule has 0 aromatic heterocycles. The Labute approximate surface area is 133 Å². The molecule has 0 aliphatic heterocycles. The summed E-state index contributed by atoms with van der Waals surface area (Å²) < 4.78 is 10.5. The van der Waals surface area contributed by atoms with Gasteiger partial charge in [0.25, 0.3) is 0 Å². The molecule has 0 aliphatic carbocycles. The van der Waals surface area contributed by atoms with Crippen LogP contribution in [0, 0.1) is 0 Å². The molecule has 3 nitrogen and oxygen atoms in total. The Morgan fingerprint density at radius 2 is 1.95 bits per heavy atom. The maximum atomic E-state index is 10.9. The molecule has 0 amide bonds. The summed E-state index contributed by atoms with van der Waals surface area (Å²) in [5.41, 5.74) is 4.35. The molecule has 0 saturated heterocycles. The molecule has 0 bridgehead atoms. The van der Waals surface area contributed by atoms with Crippen molar-refractivity contribution >= 4 is 6.29 Å². The molecular formula is C19H26O3. The van der Waals surface area contributed by atoms with Crippen LogP contribution in [-0.2, 0) is 11.2 Å². The van der Waals surface area contributed by atoms with Gasteiger partial charge in [-0.2, -0.15) is 0 Å². The predicted octanol–water partition coefficient (Wildman–Crippen LogP) is 4.72. The van der Waals surface area contributed by atoms with Crippen molar-refractivity contribution in [2.75, 3.05) is 13.9 Å². The minimum atomic E-state index is 0.205. The van der Waals surface area contributed by atoms with Gasteiger partial charge in [0.05, 0.1) is 0 Å². The minimum Gasteiger partial charge on any atom is -0.467 e. The van der Waals surface area contributed by atoms with Gasteiger partial charge in [0, 0.05) is 12.7 Å². The molecular weight excluding hydrogens is 276 g/mol. The number of ether oxygens (including phenoxy) is 2. The quantitative estimate of drug-likeness (QED) is 0.376. The van der Waals surface area contributed by atoms with Crippen molar-refractivity contribution in [3.8, 4) is 5.75 Å². The van der Waals surface area contributed by atoms with E-state index >= 15 is 0 Å². The average molecular weight is 302 g/mol. The summed E-state index contributed by atoms with van der Waals surface area (Å²) in [4.78, 5) is 10.9. The Morgan fingerprint density at radius 1 is 1.18 bits per heavy atom. The fraction of sp³-hybridized carbons (Fsp3) is 0.421. The highest BCUT2D eigenvalue weighted by Crippen LogP contribution is 2.22. The summed E-state index contributed by atoms with van der Waals surface area (Å²) >= 11 is 0. The van der Waals surface area contributed by atoms with Gasteiger partial charge in [0.15, 0.2) is 6.79 Å². The summed E-state index contributed by atoms with van der Waals surface area (Å²) in [5, 5.41) is 0. The number of aldehydes is 1. The van der Waals surface area contributed by atoms with E-state index in [9.17, 15) is 4.79 Å². The fourth-order valence-electron chi connectivity index (χ4n) is 2.07. The smallest absolute Gasteiger partial charge is 0.188 e. The minimum absolute atomic E-state index is 0.205.